The van der Waals surface area contributed by atoms with Crippen LogP contribution in [-0.4, -0.2) is 79.3 Å². The fraction of sp³-hybridized carbons (Fsp3) is 0.360. The molecule has 2 aromatic rings. The lowest BCUT2D eigenvalue weighted by molar-refractivity contribution is -0.146. The number of aliphatic carboxylic acids is 1. The van der Waals surface area contributed by atoms with Crippen molar-refractivity contribution in [3.05, 3.63) is 54.1 Å². The first-order valence-corrected chi connectivity index (χ1v) is 13.2. The molecule has 0 saturated carbocycles. The van der Waals surface area contributed by atoms with Gasteiger partial charge >= 0.3 is 12.1 Å². The number of benzene rings is 2. The number of carboxylic acids is 1. The van der Waals surface area contributed by atoms with Crippen molar-refractivity contribution in [2.24, 2.45) is 0 Å². The predicted molar refractivity (Wildman–Crippen MR) is 137 cm³/mol. The Morgan fingerprint density at radius 1 is 1.08 bits per heavy atom. The minimum Gasteiger partial charge on any atom is -0.480 e. The van der Waals surface area contributed by atoms with E-state index in [1.807, 2.05) is 0 Å². The van der Waals surface area contributed by atoms with E-state index in [1.54, 1.807) is 0 Å². The van der Waals surface area contributed by atoms with Gasteiger partial charge < -0.3 is 25.4 Å². The average Bonchev–Trinajstić information content (AvgIpc) is 3.39. The van der Waals surface area contributed by atoms with Gasteiger partial charge in [-0.05, 0) is 61.3 Å². The molecule has 3 rings (SSSR count). The molecule has 1 aliphatic rings. The van der Waals surface area contributed by atoms with Crippen molar-refractivity contribution in [2.75, 3.05) is 26.0 Å². The zero-order valence-corrected chi connectivity index (χ0v) is 22.0. The van der Waals surface area contributed by atoms with Crippen LogP contribution >= 0.6 is 0 Å². The van der Waals surface area contributed by atoms with Crippen molar-refractivity contribution in [3.63, 3.8) is 0 Å². The van der Waals surface area contributed by atoms with E-state index in [0.717, 1.165) is 0 Å². The number of hydrogen-bond donors (Lipinski definition) is 3. The van der Waals surface area contributed by atoms with E-state index < -0.39 is 40.1 Å². The Morgan fingerprint density at radius 3 is 2.21 bits per heavy atom. The van der Waals surface area contributed by atoms with Crippen molar-refractivity contribution in [2.45, 2.75) is 43.2 Å². The maximum absolute atomic E-state index is 13.7. The Kier molecular flexibility index (Phi) is 9.07. The zero-order chi connectivity index (χ0) is 28.0. The minimum atomic E-state index is -4.61. The van der Waals surface area contributed by atoms with Gasteiger partial charge in [-0.3, -0.25) is 9.59 Å². The first-order chi connectivity index (χ1) is 17.9. The smallest absolute Gasteiger partial charge is 0.414 e. The molecule has 0 bridgehead atoms. The summed E-state index contributed by atoms with van der Waals surface area (Å²) in [6, 6.07) is 8.43. The Labute approximate surface area is 220 Å². The van der Waals surface area contributed by atoms with Gasteiger partial charge in [0, 0.05) is 33.1 Å². The van der Waals surface area contributed by atoms with E-state index in [0.29, 0.717) is 34.9 Å². The van der Waals surface area contributed by atoms with E-state index in [2.05, 4.69) is 10.6 Å². The third kappa shape index (κ3) is 6.86. The number of amides is 3. The maximum atomic E-state index is 13.7. The molecule has 0 unspecified atom stereocenters. The van der Waals surface area contributed by atoms with Crippen LogP contribution < -0.4 is 15.4 Å². The van der Waals surface area contributed by atoms with E-state index in [4.69, 9.17) is 4.74 Å². The summed E-state index contributed by atoms with van der Waals surface area (Å²) in [5.74, 6) is -2.50. The largest absolute Gasteiger partial charge is 0.480 e. The standard InChI is InChI=1S/C25H30N4O8S/c1-16(30)27-18-8-12-20(13-9-18)38(35,36)29(23(31)21-5-4-14-26-21)22(24(32)33)15-17-6-10-19(11-7-17)37-25(34)28(2)3/h6-13,21-22,26H,4-5,14-15H2,1-3H3,(H,27,30)(H,32,33)/t21-,22-/m0/s1. The normalized spacial score (nSPS) is 15.8. The third-order valence-corrected chi connectivity index (χ3v) is 7.62. The monoisotopic (exact) mass is 546 g/mol. The molecule has 3 N–H and O–H groups in total. The van der Waals surface area contributed by atoms with Crippen LogP contribution in [0, 0.1) is 0 Å². The Balaban J connectivity index is 1.96. The Bertz CT molecular complexity index is 1290. The number of nitrogens with zero attached hydrogens (tertiary/aromatic N) is 2. The molecule has 3 amide bonds. The van der Waals surface area contributed by atoms with Gasteiger partial charge in [-0.25, -0.2) is 22.3 Å². The van der Waals surface area contributed by atoms with E-state index in [-0.39, 0.29) is 23.0 Å². The van der Waals surface area contributed by atoms with E-state index in [1.165, 1.54) is 74.4 Å². The summed E-state index contributed by atoms with van der Waals surface area (Å²) in [6.45, 7) is 1.80. The molecule has 13 heteroatoms. The van der Waals surface area contributed by atoms with E-state index in [9.17, 15) is 32.7 Å². The Hall–Kier alpha value is -3.97. The lowest BCUT2D eigenvalue weighted by atomic mass is 10.0. The van der Waals surface area contributed by atoms with Gasteiger partial charge in [-0.2, -0.15) is 0 Å². The second-order valence-electron chi connectivity index (χ2n) is 8.96. The first kappa shape index (κ1) is 28.6. The fourth-order valence-corrected chi connectivity index (χ4v) is 5.47. The van der Waals surface area contributed by atoms with Crippen LogP contribution in [0.25, 0.3) is 0 Å². The number of sulfonamides is 1. The molecule has 12 nitrogen and oxygen atoms in total. The van der Waals surface area contributed by atoms with Crippen LogP contribution in [0.15, 0.2) is 53.4 Å². The summed E-state index contributed by atoms with van der Waals surface area (Å²) >= 11 is 0. The lowest BCUT2D eigenvalue weighted by Crippen LogP contribution is -2.54. The number of carbonyl (C=O) groups excluding carboxylic acids is 3. The highest BCUT2D eigenvalue weighted by atomic mass is 32.2. The molecule has 0 aromatic heterocycles. The van der Waals surface area contributed by atoms with Gasteiger partial charge in [0.15, 0.2) is 0 Å². The minimum absolute atomic E-state index is 0.217. The van der Waals surface area contributed by atoms with Crippen molar-refractivity contribution in [1.82, 2.24) is 14.5 Å². The molecule has 1 saturated heterocycles. The average molecular weight is 547 g/mol. The summed E-state index contributed by atoms with van der Waals surface area (Å²) in [7, 11) is -1.56. The first-order valence-electron chi connectivity index (χ1n) is 11.8. The Morgan fingerprint density at radius 2 is 1.71 bits per heavy atom. The number of nitrogens with one attached hydrogen (secondary N) is 2. The molecule has 204 valence electrons. The number of ether oxygens (including phenoxy) is 1. The van der Waals surface area contributed by atoms with Crippen LogP contribution in [0.3, 0.4) is 0 Å². The van der Waals surface area contributed by atoms with Crippen LogP contribution in [0.4, 0.5) is 10.5 Å². The van der Waals surface area contributed by atoms with Gasteiger partial charge in [0.2, 0.25) is 5.91 Å². The summed E-state index contributed by atoms with van der Waals surface area (Å²) < 4.78 is 33.0. The van der Waals surface area contributed by atoms with Crippen molar-refractivity contribution in [1.29, 1.82) is 0 Å². The van der Waals surface area contributed by atoms with Crippen molar-refractivity contribution < 1.29 is 37.4 Å². The highest BCUT2D eigenvalue weighted by Gasteiger charge is 2.43. The van der Waals surface area contributed by atoms with Gasteiger partial charge in [-0.1, -0.05) is 12.1 Å². The van der Waals surface area contributed by atoms with Crippen molar-refractivity contribution >= 4 is 39.6 Å². The zero-order valence-electron chi connectivity index (χ0n) is 21.2. The SMILES string of the molecule is CC(=O)Nc1ccc(S(=O)(=O)N(C(=O)[C@@H]2CCCN2)[C@@H](Cc2ccc(OC(=O)N(C)C)cc2)C(=O)O)cc1. The second-order valence-corrected chi connectivity index (χ2v) is 10.8. The van der Waals surface area contributed by atoms with Crippen LogP contribution in [0.1, 0.15) is 25.3 Å². The third-order valence-electron chi connectivity index (χ3n) is 5.80. The summed E-state index contributed by atoms with van der Waals surface area (Å²) in [4.78, 5) is 49.9. The number of carbonyl (C=O) groups is 4. The molecular weight excluding hydrogens is 516 g/mol. The highest BCUT2D eigenvalue weighted by molar-refractivity contribution is 7.89. The van der Waals surface area contributed by atoms with Crippen LogP contribution in [0.2, 0.25) is 0 Å². The molecule has 1 aliphatic heterocycles. The molecule has 0 radical (unpaired) electrons. The topological polar surface area (TPSA) is 162 Å². The second kappa shape index (κ2) is 12.0. The van der Waals surface area contributed by atoms with Crippen LogP contribution in [-0.2, 0) is 30.8 Å². The number of carboxylic acid groups (broad SMARTS) is 1. The quantitative estimate of drug-likeness (QED) is 0.425. The number of anilines is 1. The fourth-order valence-electron chi connectivity index (χ4n) is 3.90. The number of rotatable bonds is 9. The molecule has 0 spiro atoms. The lowest BCUT2D eigenvalue weighted by Gasteiger charge is -2.30. The molecule has 1 heterocycles. The molecule has 2 atom stereocenters. The van der Waals surface area contributed by atoms with Gasteiger partial charge in [0.25, 0.3) is 15.9 Å². The predicted octanol–water partition coefficient (Wildman–Crippen LogP) is 1.67. The highest BCUT2D eigenvalue weighted by Crippen LogP contribution is 2.26. The van der Waals surface area contributed by atoms with Gasteiger partial charge in [-0.15, -0.1) is 0 Å². The van der Waals surface area contributed by atoms with Gasteiger partial charge in [0.05, 0.1) is 10.9 Å². The summed E-state index contributed by atoms with van der Waals surface area (Å²) in [6.07, 6.45) is 0.0852. The van der Waals surface area contributed by atoms with Crippen LogP contribution in [0.5, 0.6) is 5.75 Å². The molecule has 2 aromatic carbocycles. The molecule has 0 aliphatic carbocycles. The molecule has 1 fully saturated rings. The van der Waals surface area contributed by atoms with Crippen molar-refractivity contribution in [3.8, 4) is 5.75 Å². The number of hydrogen-bond acceptors (Lipinski definition) is 8. The molecular formula is C25H30N4O8S. The summed E-state index contributed by atoms with van der Waals surface area (Å²) in [5.41, 5.74) is 0.757. The van der Waals surface area contributed by atoms with Gasteiger partial charge in [0.1, 0.15) is 11.8 Å². The maximum Gasteiger partial charge on any atom is 0.414 e. The molecule has 38 heavy (non-hydrogen) atoms. The van der Waals surface area contributed by atoms with E-state index >= 15 is 0 Å². The summed E-state index contributed by atoms with van der Waals surface area (Å²) in [5, 5.41) is 15.5.